The molecule has 1 saturated carbocycles. The summed E-state index contributed by atoms with van der Waals surface area (Å²) < 4.78 is 7.80. The molecule has 1 fully saturated rings. The SMILES string of the molecule is O=C(NCc1nncn1C1CC1)c1ncccc1Oc1ccccc1. The number of amides is 1. The molecule has 0 aliphatic heterocycles. The van der Waals surface area contributed by atoms with E-state index in [1.165, 1.54) is 0 Å². The summed E-state index contributed by atoms with van der Waals surface area (Å²) in [6.45, 7) is 0.302. The highest BCUT2D eigenvalue weighted by Crippen LogP contribution is 2.35. The second-order valence-corrected chi connectivity index (χ2v) is 5.83. The van der Waals surface area contributed by atoms with E-state index in [-0.39, 0.29) is 11.6 Å². The van der Waals surface area contributed by atoms with Crippen molar-refractivity contribution in [2.75, 3.05) is 0 Å². The third kappa shape index (κ3) is 3.50. The summed E-state index contributed by atoms with van der Waals surface area (Å²) in [6, 6.07) is 13.2. The van der Waals surface area contributed by atoms with Crippen LogP contribution in [-0.4, -0.2) is 25.7 Å². The average molecular weight is 335 g/mol. The van der Waals surface area contributed by atoms with Gasteiger partial charge in [-0.2, -0.15) is 0 Å². The fraction of sp³-hybridized carbons (Fsp3) is 0.222. The molecule has 0 bridgehead atoms. The number of ether oxygens (including phenoxy) is 1. The van der Waals surface area contributed by atoms with Crippen LogP contribution in [0.1, 0.15) is 35.2 Å². The van der Waals surface area contributed by atoms with E-state index in [0.717, 1.165) is 18.7 Å². The van der Waals surface area contributed by atoms with Gasteiger partial charge in [-0.05, 0) is 37.1 Å². The molecule has 3 aromatic rings. The first-order chi connectivity index (χ1) is 12.3. The Labute approximate surface area is 144 Å². The molecule has 1 aliphatic carbocycles. The lowest BCUT2D eigenvalue weighted by molar-refractivity contribution is 0.0942. The van der Waals surface area contributed by atoms with Gasteiger partial charge in [0.25, 0.3) is 5.91 Å². The molecule has 7 heteroatoms. The van der Waals surface area contributed by atoms with Gasteiger partial charge in [-0.15, -0.1) is 10.2 Å². The number of hydrogen-bond acceptors (Lipinski definition) is 5. The zero-order valence-corrected chi connectivity index (χ0v) is 13.5. The lowest BCUT2D eigenvalue weighted by Gasteiger charge is -2.10. The summed E-state index contributed by atoms with van der Waals surface area (Å²) in [5.74, 6) is 1.50. The fourth-order valence-electron chi connectivity index (χ4n) is 2.55. The van der Waals surface area contributed by atoms with Crippen LogP contribution in [-0.2, 0) is 6.54 Å². The summed E-state index contributed by atoms with van der Waals surface area (Å²) in [5, 5.41) is 10.9. The molecule has 0 atom stereocenters. The highest BCUT2D eigenvalue weighted by Gasteiger charge is 2.26. The Hall–Kier alpha value is -3.22. The predicted molar refractivity (Wildman–Crippen MR) is 90.2 cm³/mol. The number of aromatic nitrogens is 4. The summed E-state index contributed by atoms with van der Waals surface area (Å²) in [4.78, 5) is 16.7. The van der Waals surface area contributed by atoms with E-state index in [2.05, 4.69) is 20.5 Å². The molecule has 0 saturated heterocycles. The summed E-state index contributed by atoms with van der Waals surface area (Å²) >= 11 is 0. The van der Waals surface area contributed by atoms with Crippen LogP contribution in [0, 0.1) is 0 Å². The number of para-hydroxylation sites is 1. The van der Waals surface area contributed by atoms with E-state index >= 15 is 0 Å². The van der Waals surface area contributed by atoms with E-state index in [4.69, 9.17) is 4.74 Å². The quantitative estimate of drug-likeness (QED) is 0.749. The molecular formula is C18H17N5O2. The highest BCUT2D eigenvalue weighted by atomic mass is 16.5. The zero-order valence-electron chi connectivity index (χ0n) is 13.5. The minimum Gasteiger partial charge on any atom is -0.455 e. The van der Waals surface area contributed by atoms with Gasteiger partial charge in [0.1, 0.15) is 12.1 Å². The van der Waals surface area contributed by atoms with Gasteiger partial charge < -0.3 is 14.6 Å². The first-order valence-electron chi connectivity index (χ1n) is 8.16. The minimum absolute atomic E-state index is 0.240. The smallest absolute Gasteiger partial charge is 0.274 e. The van der Waals surface area contributed by atoms with Crippen molar-refractivity contribution >= 4 is 5.91 Å². The van der Waals surface area contributed by atoms with E-state index in [1.54, 1.807) is 24.7 Å². The van der Waals surface area contributed by atoms with Crippen LogP contribution in [0.25, 0.3) is 0 Å². The van der Waals surface area contributed by atoms with E-state index in [1.807, 2.05) is 34.9 Å². The van der Waals surface area contributed by atoms with Gasteiger partial charge in [0, 0.05) is 12.2 Å². The van der Waals surface area contributed by atoms with Gasteiger partial charge in [-0.3, -0.25) is 4.79 Å². The maximum absolute atomic E-state index is 12.5. The van der Waals surface area contributed by atoms with Crippen molar-refractivity contribution in [3.63, 3.8) is 0 Å². The van der Waals surface area contributed by atoms with Gasteiger partial charge in [0.2, 0.25) is 0 Å². The van der Waals surface area contributed by atoms with Crippen LogP contribution >= 0.6 is 0 Å². The van der Waals surface area contributed by atoms with Crippen LogP contribution < -0.4 is 10.1 Å². The Morgan fingerprint density at radius 1 is 1.20 bits per heavy atom. The standard InChI is InChI=1S/C18H17N5O2/c24-18(20-11-16-22-21-12-23(16)13-8-9-13)17-15(7-4-10-19-17)25-14-5-2-1-3-6-14/h1-7,10,12-13H,8-9,11H2,(H,20,24). The highest BCUT2D eigenvalue weighted by molar-refractivity contribution is 5.94. The van der Waals surface area contributed by atoms with Gasteiger partial charge in [-0.25, -0.2) is 4.98 Å². The Morgan fingerprint density at radius 3 is 2.84 bits per heavy atom. The van der Waals surface area contributed by atoms with Crippen LogP contribution in [0.5, 0.6) is 11.5 Å². The molecular weight excluding hydrogens is 318 g/mol. The number of nitrogens with zero attached hydrogens (tertiary/aromatic N) is 4. The van der Waals surface area contributed by atoms with Crippen LogP contribution in [0.4, 0.5) is 0 Å². The van der Waals surface area contributed by atoms with Crippen molar-refractivity contribution in [2.45, 2.75) is 25.4 Å². The van der Waals surface area contributed by atoms with Crippen molar-refractivity contribution in [3.05, 3.63) is 66.5 Å². The molecule has 4 rings (SSSR count). The second-order valence-electron chi connectivity index (χ2n) is 5.83. The van der Waals surface area contributed by atoms with Crippen molar-refractivity contribution in [3.8, 4) is 11.5 Å². The maximum Gasteiger partial charge on any atom is 0.274 e. The summed E-state index contributed by atoms with van der Waals surface area (Å²) in [6.07, 6.45) is 5.55. The summed E-state index contributed by atoms with van der Waals surface area (Å²) in [7, 11) is 0. The van der Waals surface area contributed by atoms with Crippen LogP contribution in [0.2, 0.25) is 0 Å². The van der Waals surface area contributed by atoms with Crippen LogP contribution in [0.3, 0.4) is 0 Å². The fourth-order valence-corrected chi connectivity index (χ4v) is 2.55. The summed E-state index contributed by atoms with van der Waals surface area (Å²) in [5.41, 5.74) is 0.240. The lowest BCUT2D eigenvalue weighted by atomic mass is 10.3. The molecule has 1 aliphatic rings. The van der Waals surface area contributed by atoms with Crippen LogP contribution in [0.15, 0.2) is 55.0 Å². The normalized spacial score (nSPS) is 13.4. The Bertz CT molecular complexity index is 874. The second kappa shape index (κ2) is 6.72. The van der Waals surface area contributed by atoms with Crippen molar-refractivity contribution in [1.82, 2.24) is 25.1 Å². The third-order valence-corrected chi connectivity index (χ3v) is 3.95. The predicted octanol–water partition coefficient (Wildman–Crippen LogP) is 2.73. The van der Waals surface area contributed by atoms with Gasteiger partial charge in [-0.1, -0.05) is 18.2 Å². The largest absolute Gasteiger partial charge is 0.455 e. The Morgan fingerprint density at radius 2 is 2.04 bits per heavy atom. The zero-order chi connectivity index (χ0) is 17.1. The number of carbonyl (C=O) groups is 1. The number of rotatable bonds is 6. The van der Waals surface area contributed by atoms with Crippen molar-refractivity contribution in [2.24, 2.45) is 0 Å². The maximum atomic E-state index is 12.5. The molecule has 1 amide bonds. The molecule has 2 heterocycles. The lowest BCUT2D eigenvalue weighted by Crippen LogP contribution is -2.26. The van der Waals surface area contributed by atoms with E-state index in [0.29, 0.717) is 24.1 Å². The third-order valence-electron chi connectivity index (χ3n) is 3.95. The molecule has 126 valence electrons. The first-order valence-corrected chi connectivity index (χ1v) is 8.16. The number of benzene rings is 1. The van der Waals surface area contributed by atoms with Crippen molar-refractivity contribution < 1.29 is 9.53 Å². The number of carbonyl (C=O) groups excluding carboxylic acids is 1. The first kappa shape index (κ1) is 15.3. The molecule has 1 aromatic carbocycles. The number of pyridine rings is 1. The number of nitrogens with one attached hydrogen (secondary N) is 1. The molecule has 2 aromatic heterocycles. The molecule has 7 nitrogen and oxygen atoms in total. The molecule has 1 N–H and O–H groups in total. The Kier molecular flexibility index (Phi) is 4.12. The van der Waals surface area contributed by atoms with Gasteiger partial charge in [0.05, 0.1) is 6.54 Å². The number of hydrogen-bond donors (Lipinski definition) is 1. The molecule has 0 spiro atoms. The average Bonchev–Trinajstić information content (AvgIpc) is 3.39. The van der Waals surface area contributed by atoms with E-state index in [9.17, 15) is 4.79 Å². The minimum atomic E-state index is -0.308. The van der Waals surface area contributed by atoms with Crippen molar-refractivity contribution in [1.29, 1.82) is 0 Å². The monoisotopic (exact) mass is 335 g/mol. The topological polar surface area (TPSA) is 81.9 Å². The van der Waals surface area contributed by atoms with Gasteiger partial charge >= 0.3 is 0 Å². The van der Waals surface area contributed by atoms with Gasteiger partial charge in [0.15, 0.2) is 17.3 Å². The molecule has 0 radical (unpaired) electrons. The molecule has 0 unspecified atom stereocenters. The van der Waals surface area contributed by atoms with E-state index < -0.39 is 0 Å². The Balaban J connectivity index is 1.47. The molecule has 25 heavy (non-hydrogen) atoms.